The first kappa shape index (κ1) is 18.9. The van der Waals surface area contributed by atoms with Gasteiger partial charge in [0.2, 0.25) is 10.0 Å². The standard InChI is InChI=1S/C19H21ClN2O3S/c1-14-7-8-17(13-18(14)20)26(24,25)22-11-9-16(10-12-22)21-19(23)15-5-3-2-4-6-15/h2-8,13,16H,9-12H2,1H3,(H,21,23). The van der Waals surface area contributed by atoms with E-state index in [1.54, 1.807) is 24.3 Å². The Morgan fingerprint density at radius 2 is 1.77 bits per heavy atom. The van der Waals surface area contributed by atoms with E-state index in [1.165, 1.54) is 10.4 Å². The molecule has 1 amide bonds. The lowest BCUT2D eigenvalue weighted by atomic mass is 10.1. The maximum Gasteiger partial charge on any atom is 0.251 e. The summed E-state index contributed by atoms with van der Waals surface area (Å²) in [6, 6.07) is 13.8. The van der Waals surface area contributed by atoms with Gasteiger partial charge in [0, 0.05) is 29.7 Å². The van der Waals surface area contributed by atoms with Crippen LogP contribution in [0.15, 0.2) is 53.4 Å². The van der Waals surface area contributed by atoms with Crippen LogP contribution in [0.1, 0.15) is 28.8 Å². The minimum absolute atomic E-state index is 0.0317. The molecule has 0 unspecified atom stereocenters. The summed E-state index contributed by atoms with van der Waals surface area (Å²) in [6.45, 7) is 2.57. The van der Waals surface area contributed by atoms with E-state index in [-0.39, 0.29) is 16.8 Å². The van der Waals surface area contributed by atoms with Crippen molar-refractivity contribution in [1.29, 1.82) is 0 Å². The van der Waals surface area contributed by atoms with E-state index < -0.39 is 10.0 Å². The van der Waals surface area contributed by atoms with Crippen LogP contribution in [0.5, 0.6) is 0 Å². The molecule has 0 aromatic heterocycles. The number of carbonyl (C=O) groups excluding carboxylic acids is 1. The lowest BCUT2D eigenvalue weighted by Crippen LogP contribution is -2.46. The molecule has 1 aliphatic heterocycles. The van der Waals surface area contributed by atoms with Crippen molar-refractivity contribution in [3.8, 4) is 0 Å². The molecule has 3 rings (SSSR count). The average Bonchev–Trinajstić information content (AvgIpc) is 2.65. The van der Waals surface area contributed by atoms with Gasteiger partial charge >= 0.3 is 0 Å². The highest BCUT2D eigenvalue weighted by Gasteiger charge is 2.30. The van der Waals surface area contributed by atoms with E-state index in [1.807, 2.05) is 25.1 Å². The van der Waals surface area contributed by atoms with Gasteiger partial charge in [0.15, 0.2) is 0 Å². The summed E-state index contributed by atoms with van der Waals surface area (Å²) in [4.78, 5) is 12.4. The molecular formula is C19H21ClN2O3S. The van der Waals surface area contributed by atoms with Crippen molar-refractivity contribution in [2.75, 3.05) is 13.1 Å². The summed E-state index contributed by atoms with van der Waals surface area (Å²) in [5, 5.41) is 3.42. The fourth-order valence-corrected chi connectivity index (χ4v) is 4.72. The number of rotatable bonds is 4. The molecule has 2 aromatic rings. The molecule has 1 N–H and O–H groups in total. The highest BCUT2D eigenvalue weighted by molar-refractivity contribution is 7.89. The van der Waals surface area contributed by atoms with Crippen LogP contribution in [-0.4, -0.2) is 37.8 Å². The lowest BCUT2D eigenvalue weighted by Gasteiger charge is -2.31. The number of hydrogen-bond donors (Lipinski definition) is 1. The summed E-state index contributed by atoms with van der Waals surface area (Å²) in [7, 11) is -3.57. The summed E-state index contributed by atoms with van der Waals surface area (Å²) >= 11 is 6.07. The minimum atomic E-state index is -3.57. The van der Waals surface area contributed by atoms with Crippen molar-refractivity contribution >= 4 is 27.5 Å². The second-order valence-corrected chi connectivity index (χ2v) is 8.77. The number of hydrogen-bond acceptors (Lipinski definition) is 3. The van der Waals surface area contributed by atoms with Crippen LogP contribution in [0.25, 0.3) is 0 Å². The topological polar surface area (TPSA) is 66.5 Å². The van der Waals surface area contributed by atoms with Gasteiger partial charge in [-0.15, -0.1) is 0 Å². The van der Waals surface area contributed by atoms with E-state index >= 15 is 0 Å². The Hall–Kier alpha value is -1.89. The van der Waals surface area contributed by atoms with Gasteiger partial charge in [0.1, 0.15) is 0 Å². The maximum atomic E-state index is 12.8. The molecule has 0 spiro atoms. The van der Waals surface area contributed by atoms with Crippen LogP contribution in [0.3, 0.4) is 0 Å². The van der Waals surface area contributed by atoms with Crippen LogP contribution in [0.4, 0.5) is 0 Å². The Balaban J connectivity index is 1.62. The Labute approximate surface area is 159 Å². The average molecular weight is 393 g/mol. The summed E-state index contributed by atoms with van der Waals surface area (Å²) in [5.74, 6) is -0.128. The van der Waals surface area contributed by atoms with Gasteiger partial charge in [-0.25, -0.2) is 8.42 Å². The minimum Gasteiger partial charge on any atom is -0.349 e. The molecule has 0 bridgehead atoms. The van der Waals surface area contributed by atoms with Crippen molar-refractivity contribution < 1.29 is 13.2 Å². The molecule has 138 valence electrons. The van der Waals surface area contributed by atoms with E-state index in [4.69, 9.17) is 11.6 Å². The molecular weight excluding hydrogens is 372 g/mol. The Kier molecular flexibility index (Phi) is 5.65. The highest BCUT2D eigenvalue weighted by atomic mass is 35.5. The number of piperidine rings is 1. The number of amides is 1. The third-order valence-electron chi connectivity index (χ3n) is 4.61. The molecule has 26 heavy (non-hydrogen) atoms. The van der Waals surface area contributed by atoms with Crippen LogP contribution in [0.2, 0.25) is 5.02 Å². The van der Waals surface area contributed by atoms with Gasteiger partial charge < -0.3 is 5.32 Å². The zero-order valence-corrected chi connectivity index (χ0v) is 16.1. The van der Waals surface area contributed by atoms with Crippen LogP contribution >= 0.6 is 11.6 Å². The molecule has 0 radical (unpaired) electrons. The first-order valence-electron chi connectivity index (χ1n) is 8.50. The predicted molar refractivity (Wildman–Crippen MR) is 102 cm³/mol. The van der Waals surface area contributed by atoms with Crippen molar-refractivity contribution in [2.24, 2.45) is 0 Å². The number of carbonyl (C=O) groups is 1. The maximum absolute atomic E-state index is 12.8. The molecule has 1 saturated heterocycles. The van der Waals surface area contributed by atoms with E-state index in [0.29, 0.717) is 36.5 Å². The molecule has 2 aromatic carbocycles. The second-order valence-electron chi connectivity index (χ2n) is 6.43. The van der Waals surface area contributed by atoms with E-state index in [0.717, 1.165) is 5.56 Å². The largest absolute Gasteiger partial charge is 0.349 e. The number of aryl methyl sites for hydroxylation is 1. The van der Waals surface area contributed by atoms with Gasteiger partial charge in [-0.3, -0.25) is 4.79 Å². The second kappa shape index (κ2) is 7.78. The van der Waals surface area contributed by atoms with E-state index in [2.05, 4.69) is 5.32 Å². The Bertz CT molecular complexity index is 892. The monoisotopic (exact) mass is 392 g/mol. The van der Waals surface area contributed by atoms with Crippen molar-refractivity contribution in [3.63, 3.8) is 0 Å². The van der Waals surface area contributed by atoms with Gasteiger partial charge in [-0.2, -0.15) is 4.31 Å². The molecule has 0 aliphatic carbocycles. The molecule has 7 heteroatoms. The zero-order chi connectivity index (χ0) is 18.7. The van der Waals surface area contributed by atoms with Crippen molar-refractivity contribution in [2.45, 2.75) is 30.7 Å². The zero-order valence-electron chi connectivity index (χ0n) is 14.5. The van der Waals surface area contributed by atoms with Gasteiger partial charge in [-0.1, -0.05) is 35.9 Å². The molecule has 0 saturated carbocycles. The van der Waals surface area contributed by atoms with Gasteiger partial charge in [0.05, 0.1) is 4.90 Å². The predicted octanol–water partition coefficient (Wildman–Crippen LogP) is 3.23. The van der Waals surface area contributed by atoms with Gasteiger partial charge in [-0.05, 0) is 49.6 Å². The van der Waals surface area contributed by atoms with Crippen molar-refractivity contribution in [1.82, 2.24) is 9.62 Å². The summed E-state index contributed by atoms with van der Waals surface area (Å²) in [5.41, 5.74) is 1.45. The van der Waals surface area contributed by atoms with E-state index in [9.17, 15) is 13.2 Å². The Morgan fingerprint density at radius 3 is 2.38 bits per heavy atom. The fraction of sp³-hybridized carbons (Fsp3) is 0.316. The van der Waals surface area contributed by atoms with Crippen molar-refractivity contribution in [3.05, 3.63) is 64.7 Å². The van der Waals surface area contributed by atoms with Crippen LogP contribution < -0.4 is 5.32 Å². The van der Waals surface area contributed by atoms with Crippen LogP contribution in [-0.2, 0) is 10.0 Å². The number of nitrogens with zero attached hydrogens (tertiary/aromatic N) is 1. The number of nitrogens with one attached hydrogen (secondary N) is 1. The number of sulfonamides is 1. The molecule has 5 nitrogen and oxygen atoms in total. The van der Waals surface area contributed by atoms with Gasteiger partial charge in [0.25, 0.3) is 5.91 Å². The highest BCUT2D eigenvalue weighted by Crippen LogP contribution is 2.25. The first-order valence-corrected chi connectivity index (χ1v) is 10.3. The summed E-state index contributed by atoms with van der Waals surface area (Å²) < 4.78 is 27.0. The molecule has 0 atom stereocenters. The normalized spacial score (nSPS) is 16.4. The number of halogens is 1. The number of benzene rings is 2. The third kappa shape index (κ3) is 4.09. The quantitative estimate of drug-likeness (QED) is 0.868. The smallest absolute Gasteiger partial charge is 0.251 e. The SMILES string of the molecule is Cc1ccc(S(=O)(=O)N2CCC(NC(=O)c3ccccc3)CC2)cc1Cl. The molecule has 1 heterocycles. The lowest BCUT2D eigenvalue weighted by molar-refractivity contribution is 0.0924. The Morgan fingerprint density at radius 1 is 1.12 bits per heavy atom. The van der Waals surface area contributed by atoms with Crippen LogP contribution in [0, 0.1) is 6.92 Å². The molecule has 1 aliphatic rings. The fourth-order valence-electron chi connectivity index (χ4n) is 2.98. The molecule has 1 fully saturated rings. The third-order valence-corrected chi connectivity index (χ3v) is 6.91. The first-order chi connectivity index (χ1) is 12.4. The summed E-state index contributed by atoms with van der Waals surface area (Å²) in [6.07, 6.45) is 1.16.